The molecule has 0 aliphatic carbocycles. The average molecular weight is 379 g/mol. The van der Waals surface area contributed by atoms with Gasteiger partial charge in [0.2, 0.25) is 0 Å². The molecule has 6 heteroatoms. The highest BCUT2D eigenvalue weighted by molar-refractivity contribution is 6.06. The smallest absolute Gasteiger partial charge is 0.267 e. The quantitative estimate of drug-likeness (QED) is 0.495. The molecule has 0 aromatic heterocycles. The van der Waals surface area contributed by atoms with Gasteiger partial charge >= 0.3 is 0 Å². The van der Waals surface area contributed by atoms with Crippen molar-refractivity contribution in [3.8, 4) is 17.6 Å². The van der Waals surface area contributed by atoms with E-state index < -0.39 is 5.91 Å². The minimum Gasteiger partial charge on any atom is -0.493 e. The minimum absolute atomic E-state index is 0.0372. The van der Waals surface area contributed by atoms with E-state index in [1.807, 2.05) is 30.3 Å². The third-order valence-electron chi connectivity index (χ3n) is 4.16. The molecule has 0 radical (unpaired) electrons. The molecule has 6 nitrogen and oxygen atoms in total. The number of carbonyl (C=O) groups is 1. The highest BCUT2D eigenvalue weighted by Crippen LogP contribution is 2.29. The van der Waals surface area contributed by atoms with Crippen LogP contribution in [0.4, 0.5) is 11.4 Å². The molecule has 28 heavy (non-hydrogen) atoms. The fraction of sp³-hybridized carbons (Fsp3) is 0.273. The van der Waals surface area contributed by atoms with Crippen LogP contribution in [0, 0.1) is 11.3 Å². The Balaban J connectivity index is 2.03. The van der Waals surface area contributed by atoms with Crippen LogP contribution < -0.4 is 20.1 Å². The summed E-state index contributed by atoms with van der Waals surface area (Å²) < 4.78 is 10.4. The first kappa shape index (κ1) is 20.8. The monoisotopic (exact) mass is 379 g/mol. The third-order valence-corrected chi connectivity index (χ3v) is 4.16. The van der Waals surface area contributed by atoms with Crippen LogP contribution in [0.5, 0.6) is 11.5 Å². The van der Waals surface area contributed by atoms with Gasteiger partial charge in [0, 0.05) is 23.6 Å². The van der Waals surface area contributed by atoms with Gasteiger partial charge in [0.05, 0.1) is 14.2 Å². The summed E-state index contributed by atoms with van der Waals surface area (Å²) in [6.07, 6.45) is 4.76. The third kappa shape index (κ3) is 5.78. The zero-order valence-electron chi connectivity index (χ0n) is 16.4. The molecule has 0 bridgehead atoms. The molecule has 2 aromatic rings. The van der Waals surface area contributed by atoms with Crippen LogP contribution in [0.1, 0.15) is 25.3 Å². The number of methoxy groups -OCH3 is 2. The number of nitriles is 1. The lowest BCUT2D eigenvalue weighted by molar-refractivity contribution is -0.112. The second kappa shape index (κ2) is 10.6. The lowest BCUT2D eigenvalue weighted by Gasteiger charge is -2.10. The number of ether oxygens (including phenoxy) is 2. The molecule has 0 atom stereocenters. The van der Waals surface area contributed by atoms with Crippen LogP contribution >= 0.6 is 0 Å². The highest BCUT2D eigenvalue weighted by atomic mass is 16.5. The molecule has 0 unspecified atom stereocenters. The zero-order valence-corrected chi connectivity index (χ0v) is 16.4. The van der Waals surface area contributed by atoms with E-state index in [1.165, 1.54) is 26.0 Å². The second-order valence-electron chi connectivity index (χ2n) is 6.14. The van der Waals surface area contributed by atoms with E-state index >= 15 is 0 Å². The zero-order chi connectivity index (χ0) is 20.4. The molecule has 0 aliphatic rings. The summed E-state index contributed by atoms with van der Waals surface area (Å²) in [4.78, 5) is 12.4. The standard InChI is InChI=1S/C22H25N3O3/c1-4-5-6-16-7-9-18(10-8-16)24-15-17(14-23)22(26)25-19-11-12-20(27-2)21(13-19)28-3/h7-13,15,24H,4-6H2,1-3H3,(H,25,26)/b17-15-. The minimum atomic E-state index is -0.512. The van der Waals surface area contributed by atoms with Gasteiger partial charge in [-0.15, -0.1) is 0 Å². The summed E-state index contributed by atoms with van der Waals surface area (Å²) in [7, 11) is 3.05. The number of hydrogen-bond acceptors (Lipinski definition) is 5. The van der Waals surface area contributed by atoms with E-state index in [-0.39, 0.29) is 5.57 Å². The van der Waals surface area contributed by atoms with Gasteiger partial charge in [0.25, 0.3) is 5.91 Å². The number of benzene rings is 2. The van der Waals surface area contributed by atoms with Gasteiger partial charge in [0.15, 0.2) is 11.5 Å². The van der Waals surface area contributed by atoms with Gasteiger partial charge in [-0.05, 0) is 42.7 Å². The molecule has 0 fully saturated rings. The van der Waals surface area contributed by atoms with Crippen LogP contribution in [0.25, 0.3) is 0 Å². The van der Waals surface area contributed by atoms with Crippen molar-refractivity contribution >= 4 is 17.3 Å². The van der Waals surface area contributed by atoms with Crippen LogP contribution in [-0.4, -0.2) is 20.1 Å². The van der Waals surface area contributed by atoms with Crippen molar-refractivity contribution < 1.29 is 14.3 Å². The summed E-state index contributed by atoms with van der Waals surface area (Å²) in [6, 6.07) is 14.9. The number of nitrogens with zero attached hydrogens (tertiary/aromatic N) is 1. The fourth-order valence-corrected chi connectivity index (χ4v) is 2.57. The SMILES string of the molecule is CCCCc1ccc(N/C=C(/C#N)C(=O)Nc2ccc(OC)c(OC)c2)cc1. The van der Waals surface area contributed by atoms with Gasteiger partial charge < -0.3 is 20.1 Å². The molecule has 0 spiro atoms. The molecule has 2 aromatic carbocycles. The van der Waals surface area contributed by atoms with E-state index in [2.05, 4.69) is 17.6 Å². The first-order chi connectivity index (χ1) is 13.6. The molecule has 0 saturated carbocycles. The molecule has 2 N–H and O–H groups in total. The topological polar surface area (TPSA) is 83.4 Å². The van der Waals surface area contributed by atoms with Gasteiger partial charge in [-0.3, -0.25) is 4.79 Å². The number of unbranched alkanes of at least 4 members (excludes halogenated alkanes) is 1. The maximum Gasteiger partial charge on any atom is 0.267 e. The van der Waals surface area contributed by atoms with Gasteiger partial charge in [-0.1, -0.05) is 25.5 Å². The number of rotatable bonds is 9. The predicted octanol–water partition coefficient (Wildman–Crippen LogP) is 4.50. The van der Waals surface area contributed by atoms with Crippen LogP contribution in [-0.2, 0) is 11.2 Å². The number of aryl methyl sites for hydroxylation is 1. The van der Waals surface area contributed by atoms with Crippen LogP contribution in [0.3, 0.4) is 0 Å². The Bertz CT molecular complexity index is 868. The predicted molar refractivity (Wildman–Crippen MR) is 111 cm³/mol. The van der Waals surface area contributed by atoms with E-state index in [1.54, 1.807) is 18.2 Å². The van der Waals surface area contributed by atoms with Crippen molar-refractivity contribution in [3.63, 3.8) is 0 Å². The van der Waals surface area contributed by atoms with Crippen molar-refractivity contribution in [3.05, 3.63) is 59.8 Å². The Hall–Kier alpha value is -3.46. The second-order valence-corrected chi connectivity index (χ2v) is 6.14. The van der Waals surface area contributed by atoms with Crippen molar-refractivity contribution in [2.24, 2.45) is 0 Å². The van der Waals surface area contributed by atoms with Gasteiger partial charge in [0.1, 0.15) is 11.6 Å². The Morgan fingerprint density at radius 3 is 2.36 bits per heavy atom. The number of nitrogens with one attached hydrogen (secondary N) is 2. The van der Waals surface area contributed by atoms with Crippen molar-refractivity contribution in [1.82, 2.24) is 0 Å². The summed E-state index contributed by atoms with van der Waals surface area (Å²) >= 11 is 0. The van der Waals surface area contributed by atoms with Crippen molar-refractivity contribution in [1.29, 1.82) is 5.26 Å². The van der Waals surface area contributed by atoms with Crippen molar-refractivity contribution in [2.75, 3.05) is 24.9 Å². The number of hydrogen-bond donors (Lipinski definition) is 2. The summed E-state index contributed by atoms with van der Waals surface area (Å²) in [5, 5.41) is 15.0. The van der Waals surface area contributed by atoms with Crippen molar-refractivity contribution in [2.45, 2.75) is 26.2 Å². The molecular formula is C22H25N3O3. The van der Waals surface area contributed by atoms with Crippen LogP contribution in [0.2, 0.25) is 0 Å². The summed E-state index contributed by atoms with van der Waals surface area (Å²) in [5.74, 6) is 0.534. The molecule has 1 amide bonds. The summed E-state index contributed by atoms with van der Waals surface area (Å²) in [6.45, 7) is 2.16. The Morgan fingerprint density at radius 2 is 1.75 bits per heavy atom. The van der Waals surface area contributed by atoms with E-state index in [0.717, 1.165) is 24.9 Å². The lowest BCUT2D eigenvalue weighted by Crippen LogP contribution is -2.14. The summed E-state index contributed by atoms with van der Waals surface area (Å²) in [5.41, 5.74) is 2.55. The molecule has 0 saturated heterocycles. The van der Waals surface area contributed by atoms with Crippen LogP contribution in [0.15, 0.2) is 54.2 Å². The molecular weight excluding hydrogens is 354 g/mol. The lowest BCUT2D eigenvalue weighted by atomic mass is 10.1. The Morgan fingerprint density at radius 1 is 1.07 bits per heavy atom. The molecule has 146 valence electrons. The number of carbonyl (C=O) groups excluding carboxylic acids is 1. The van der Waals surface area contributed by atoms with Gasteiger partial charge in [-0.2, -0.15) is 5.26 Å². The van der Waals surface area contributed by atoms with E-state index in [4.69, 9.17) is 9.47 Å². The van der Waals surface area contributed by atoms with Gasteiger partial charge in [-0.25, -0.2) is 0 Å². The van der Waals surface area contributed by atoms with E-state index in [9.17, 15) is 10.1 Å². The first-order valence-corrected chi connectivity index (χ1v) is 9.10. The Kier molecular flexibility index (Phi) is 7.92. The maximum absolute atomic E-state index is 12.4. The number of amides is 1. The molecule has 2 rings (SSSR count). The molecule has 0 heterocycles. The highest BCUT2D eigenvalue weighted by Gasteiger charge is 2.11. The number of anilines is 2. The maximum atomic E-state index is 12.4. The van der Waals surface area contributed by atoms with E-state index in [0.29, 0.717) is 17.2 Å². The average Bonchev–Trinajstić information content (AvgIpc) is 2.73. The largest absolute Gasteiger partial charge is 0.493 e. The fourth-order valence-electron chi connectivity index (χ4n) is 2.57. The normalized spacial score (nSPS) is 10.7. The first-order valence-electron chi connectivity index (χ1n) is 9.10. The Labute approximate surface area is 165 Å². The molecule has 0 aliphatic heterocycles.